The Morgan fingerprint density at radius 1 is 1.37 bits per heavy atom. The normalized spacial score (nSPS) is 12.2. The number of carbonyl (C=O) groups is 1. The monoisotopic (exact) mass is 267 g/mol. The zero-order valence-corrected chi connectivity index (χ0v) is 11.4. The maximum Gasteiger partial charge on any atom is 0.338 e. The Balaban J connectivity index is 2.43. The summed E-state index contributed by atoms with van der Waals surface area (Å²) >= 11 is 0. The topological polar surface area (TPSA) is 67.8 Å². The van der Waals surface area contributed by atoms with Crippen LogP contribution in [0.1, 0.15) is 22.3 Å². The summed E-state index contributed by atoms with van der Waals surface area (Å²) in [5.74, 6) is -0.336. The predicted molar refractivity (Wildman–Crippen MR) is 72.0 cm³/mol. The third-order valence-corrected chi connectivity index (χ3v) is 2.75. The molecule has 0 aromatic heterocycles. The van der Waals surface area contributed by atoms with Gasteiger partial charge in [0.1, 0.15) is 0 Å². The number of aliphatic hydroxyl groups is 1. The van der Waals surface area contributed by atoms with Gasteiger partial charge in [-0.1, -0.05) is 18.2 Å². The molecule has 0 bridgehead atoms. The van der Waals surface area contributed by atoms with Gasteiger partial charge in [0.2, 0.25) is 0 Å². The van der Waals surface area contributed by atoms with Crippen LogP contribution in [0, 0.1) is 0 Å². The van der Waals surface area contributed by atoms with Crippen molar-refractivity contribution in [3.63, 3.8) is 0 Å². The largest absolute Gasteiger partial charge is 0.465 e. The van der Waals surface area contributed by atoms with Crippen LogP contribution in [0.25, 0.3) is 0 Å². The third-order valence-electron chi connectivity index (χ3n) is 2.75. The van der Waals surface area contributed by atoms with Crippen LogP contribution in [0.5, 0.6) is 0 Å². The molecule has 1 atom stereocenters. The van der Waals surface area contributed by atoms with E-state index < -0.39 is 6.10 Å². The zero-order valence-electron chi connectivity index (χ0n) is 11.4. The number of benzene rings is 1. The van der Waals surface area contributed by atoms with Crippen molar-refractivity contribution in [3.8, 4) is 0 Å². The number of rotatable bonds is 8. The second kappa shape index (κ2) is 8.63. The van der Waals surface area contributed by atoms with E-state index in [9.17, 15) is 9.90 Å². The quantitative estimate of drug-likeness (QED) is 0.542. The van der Waals surface area contributed by atoms with Crippen molar-refractivity contribution in [1.29, 1.82) is 0 Å². The third kappa shape index (κ3) is 5.38. The Labute approximate surface area is 113 Å². The molecular formula is C14H21NO4. The van der Waals surface area contributed by atoms with Crippen molar-refractivity contribution in [2.45, 2.75) is 19.1 Å². The molecule has 0 saturated carbocycles. The highest BCUT2D eigenvalue weighted by Crippen LogP contribution is 2.09. The summed E-state index contributed by atoms with van der Waals surface area (Å²) in [4.78, 5) is 11.6. The molecule has 0 amide bonds. The molecular weight excluding hydrogens is 246 g/mol. The number of ether oxygens (including phenoxy) is 2. The van der Waals surface area contributed by atoms with Crippen LogP contribution in [0.4, 0.5) is 0 Å². The molecule has 1 aromatic rings. The summed E-state index contributed by atoms with van der Waals surface area (Å²) < 4.78 is 9.58. The van der Waals surface area contributed by atoms with Crippen molar-refractivity contribution >= 4 is 5.97 Å². The van der Waals surface area contributed by atoms with E-state index >= 15 is 0 Å². The van der Waals surface area contributed by atoms with E-state index in [1.54, 1.807) is 19.2 Å². The Morgan fingerprint density at radius 2 is 2.11 bits per heavy atom. The Morgan fingerprint density at radius 3 is 2.79 bits per heavy atom. The van der Waals surface area contributed by atoms with Crippen LogP contribution in [-0.2, 0) is 16.0 Å². The highest BCUT2D eigenvalue weighted by molar-refractivity contribution is 5.90. The fourth-order valence-corrected chi connectivity index (χ4v) is 1.75. The zero-order chi connectivity index (χ0) is 14.1. The minimum absolute atomic E-state index is 0.334. The van der Waals surface area contributed by atoms with Crippen molar-refractivity contribution in [2.75, 3.05) is 27.4 Å². The number of aliphatic hydroxyl groups excluding tert-OH is 1. The van der Waals surface area contributed by atoms with E-state index in [-0.39, 0.29) is 5.97 Å². The Bertz CT molecular complexity index is 395. The van der Waals surface area contributed by atoms with Crippen molar-refractivity contribution in [2.24, 2.45) is 0 Å². The average molecular weight is 267 g/mol. The van der Waals surface area contributed by atoms with E-state index in [1.165, 1.54) is 7.11 Å². The fraction of sp³-hybridized carbons (Fsp3) is 0.500. The number of nitrogens with one attached hydrogen (secondary N) is 1. The van der Waals surface area contributed by atoms with Crippen molar-refractivity contribution in [1.82, 2.24) is 5.32 Å². The standard InChI is InChI=1S/C14H21NO4/c1-18-10-12(16)7-8-15-9-11-5-3-4-6-13(11)14(17)19-2/h3-6,12,15-16H,7-10H2,1-2H3. The van der Waals surface area contributed by atoms with E-state index in [1.807, 2.05) is 12.1 Å². The predicted octanol–water partition coefficient (Wildman–Crippen LogP) is 0.960. The lowest BCUT2D eigenvalue weighted by atomic mass is 10.1. The van der Waals surface area contributed by atoms with Gasteiger partial charge in [0, 0.05) is 13.7 Å². The minimum Gasteiger partial charge on any atom is -0.465 e. The number of hydrogen-bond donors (Lipinski definition) is 2. The van der Waals surface area contributed by atoms with Gasteiger partial charge in [-0.05, 0) is 24.6 Å². The van der Waals surface area contributed by atoms with Gasteiger partial charge in [0.05, 0.1) is 25.4 Å². The number of methoxy groups -OCH3 is 2. The van der Waals surface area contributed by atoms with Crippen LogP contribution in [-0.4, -0.2) is 44.6 Å². The van der Waals surface area contributed by atoms with E-state index in [0.29, 0.717) is 31.7 Å². The lowest BCUT2D eigenvalue weighted by Crippen LogP contribution is -2.23. The molecule has 0 fully saturated rings. The second-order valence-electron chi connectivity index (χ2n) is 4.22. The van der Waals surface area contributed by atoms with Crippen LogP contribution < -0.4 is 5.32 Å². The van der Waals surface area contributed by atoms with Gasteiger partial charge >= 0.3 is 5.97 Å². The second-order valence-corrected chi connectivity index (χ2v) is 4.22. The lowest BCUT2D eigenvalue weighted by Gasteiger charge is -2.11. The summed E-state index contributed by atoms with van der Waals surface area (Å²) in [6, 6.07) is 7.30. The SMILES string of the molecule is COCC(O)CCNCc1ccccc1C(=O)OC. The molecule has 0 radical (unpaired) electrons. The first kappa shape index (κ1) is 15.6. The lowest BCUT2D eigenvalue weighted by molar-refractivity contribution is 0.0588. The first-order chi connectivity index (χ1) is 9.19. The first-order valence-electron chi connectivity index (χ1n) is 6.23. The summed E-state index contributed by atoms with van der Waals surface area (Å²) in [5.41, 5.74) is 1.45. The molecule has 2 N–H and O–H groups in total. The van der Waals surface area contributed by atoms with E-state index in [0.717, 1.165) is 5.56 Å². The highest BCUT2D eigenvalue weighted by Gasteiger charge is 2.10. The molecule has 0 aliphatic carbocycles. The average Bonchev–Trinajstić information content (AvgIpc) is 2.43. The Kier molecular flexibility index (Phi) is 7.10. The Hall–Kier alpha value is -1.43. The molecule has 0 spiro atoms. The summed E-state index contributed by atoms with van der Waals surface area (Å²) in [5, 5.41) is 12.7. The van der Waals surface area contributed by atoms with E-state index in [2.05, 4.69) is 5.32 Å². The van der Waals surface area contributed by atoms with Gasteiger partial charge in [-0.25, -0.2) is 4.79 Å². The van der Waals surface area contributed by atoms with Gasteiger partial charge in [-0.15, -0.1) is 0 Å². The molecule has 0 aliphatic rings. The van der Waals surface area contributed by atoms with Crippen LogP contribution in [0.15, 0.2) is 24.3 Å². The number of esters is 1. The van der Waals surface area contributed by atoms with Crippen LogP contribution in [0.2, 0.25) is 0 Å². The molecule has 106 valence electrons. The van der Waals surface area contributed by atoms with Gasteiger partial charge < -0.3 is 19.9 Å². The maximum atomic E-state index is 11.6. The minimum atomic E-state index is -0.464. The van der Waals surface area contributed by atoms with Gasteiger partial charge in [0.25, 0.3) is 0 Å². The van der Waals surface area contributed by atoms with E-state index in [4.69, 9.17) is 9.47 Å². The number of hydrogen-bond acceptors (Lipinski definition) is 5. The van der Waals surface area contributed by atoms with Crippen molar-refractivity contribution < 1.29 is 19.4 Å². The van der Waals surface area contributed by atoms with Gasteiger partial charge in [-0.2, -0.15) is 0 Å². The molecule has 0 saturated heterocycles. The highest BCUT2D eigenvalue weighted by atomic mass is 16.5. The molecule has 1 unspecified atom stereocenters. The first-order valence-corrected chi connectivity index (χ1v) is 6.23. The smallest absolute Gasteiger partial charge is 0.338 e. The maximum absolute atomic E-state index is 11.6. The molecule has 5 nitrogen and oxygen atoms in total. The molecule has 0 heterocycles. The number of carbonyl (C=O) groups excluding carboxylic acids is 1. The van der Waals surface area contributed by atoms with Crippen LogP contribution >= 0.6 is 0 Å². The summed E-state index contributed by atoms with van der Waals surface area (Å²) in [6.45, 7) is 1.55. The summed E-state index contributed by atoms with van der Waals surface area (Å²) in [6.07, 6.45) is 0.141. The van der Waals surface area contributed by atoms with Gasteiger partial charge in [-0.3, -0.25) is 0 Å². The summed E-state index contributed by atoms with van der Waals surface area (Å²) in [7, 11) is 2.93. The molecule has 1 rings (SSSR count). The van der Waals surface area contributed by atoms with Gasteiger partial charge in [0.15, 0.2) is 0 Å². The molecule has 5 heteroatoms. The van der Waals surface area contributed by atoms with Crippen LogP contribution in [0.3, 0.4) is 0 Å². The molecule has 1 aromatic carbocycles. The van der Waals surface area contributed by atoms with Crippen molar-refractivity contribution in [3.05, 3.63) is 35.4 Å². The molecule has 0 aliphatic heterocycles. The fourth-order valence-electron chi connectivity index (χ4n) is 1.75. The molecule has 19 heavy (non-hydrogen) atoms.